The quantitative estimate of drug-likeness (QED) is 0.717. The highest BCUT2D eigenvalue weighted by atomic mass is 16.5. The lowest BCUT2D eigenvalue weighted by molar-refractivity contribution is 0.249. The number of carbonyl (C=O) groups excluding carboxylic acids is 1. The Morgan fingerprint density at radius 1 is 1.44 bits per heavy atom. The first kappa shape index (κ1) is 12.3. The highest BCUT2D eigenvalue weighted by Gasteiger charge is 2.05. The second kappa shape index (κ2) is 5.97. The number of carbonyl (C=O) groups is 1. The lowest BCUT2D eigenvalue weighted by Gasteiger charge is -2.12. The number of amides is 2. The Morgan fingerprint density at radius 3 is 2.56 bits per heavy atom. The third-order valence-corrected chi connectivity index (χ3v) is 2.08. The topological polar surface area (TPSA) is 76.4 Å². The summed E-state index contributed by atoms with van der Waals surface area (Å²) >= 11 is 0. The van der Waals surface area contributed by atoms with Crippen LogP contribution in [0.15, 0.2) is 24.3 Å². The van der Waals surface area contributed by atoms with Crippen molar-refractivity contribution in [3.8, 4) is 5.75 Å². The van der Waals surface area contributed by atoms with E-state index in [4.69, 9.17) is 10.5 Å². The van der Waals surface area contributed by atoms with Crippen LogP contribution in [0, 0.1) is 0 Å². The summed E-state index contributed by atoms with van der Waals surface area (Å²) in [6.45, 7) is 2.25. The molecule has 16 heavy (non-hydrogen) atoms. The molecule has 0 aromatic heterocycles. The van der Waals surface area contributed by atoms with E-state index >= 15 is 0 Å². The smallest absolute Gasteiger partial charge is 0.319 e. The molecular formula is C11H17N3O2. The van der Waals surface area contributed by atoms with E-state index in [1.54, 1.807) is 31.4 Å². The Labute approximate surface area is 95.0 Å². The second-order valence-electron chi connectivity index (χ2n) is 3.46. The SMILES string of the molecule is COc1ccc(NC(=O)N[C@H](C)CN)cc1. The van der Waals surface area contributed by atoms with Crippen LogP contribution in [-0.4, -0.2) is 25.7 Å². The summed E-state index contributed by atoms with van der Waals surface area (Å²) in [7, 11) is 1.60. The Balaban J connectivity index is 2.49. The van der Waals surface area contributed by atoms with Crippen LogP contribution >= 0.6 is 0 Å². The molecule has 0 bridgehead atoms. The van der Waals surface area contributed by atoms with E-state index in [2.05, 4.69) is 10.6 Å². The van der Waals surface area contributed by atoms with E-state index in [0.717, 1.165) is 5.75 Å². The minimum Gasteiger partial charge on any atom is -0.497 e. The summed E-state index contributed by atoms with van der Waals surface area (Å²) in [5.41, 5.74) is 6.10. The number of urea groups is 1. The molecule has 88 valence electrons. The largest absolute Gasteiger partial charge is 0.497 e. The van der Waals surface area contributed by atoms with Gasteiger partial charge in [-0.1, -0.05) is 0 Å². The van der Waals surface area contributed by atoms with Gasteiger partial charge in [0, 0.05) is 18.3 Å². The van der Waals surface area contributed by atoms with Gasteiger partial charge in [0.05, 0.1) is 7.11 Å². The fourth-order valence-electron chi connectivity index (χ4n) is 1.12. The molecule has 0 heterocycles. The Kier molecular flexibility index (Phi) is 4.60. The number of hydrogen-bond donors (Lipinski definition) is 3. The van der Waals surface area contributed by atoms with Gasteiger partial charge in [-0.25, -0.2) is 4.79 Å². The van der Waals surface area contributed by atoms with E-state index in [1.807, 2.05) is 6.92 Å². The molecule has 4 N–H and O–H groups in total. The molecule has 0 aliphatic carbocycles. The van der Waals surface area contributed by atoms with Crippen molar-refractivity contribution in [2.75, 3.05) is 19.0 Å². The van der Waals surface area contributed by atoms with Gasteiger partial charge >= 0.3 is 6.03 Å². The number of benzene rings is 1. The first-order chi connectivity index (χ1) is 7.65. The molecule has 0 unspecified atom stereocenters. The Bertz CT molecular complexity index is 338. The first-order valence-corrected chi connectivity index (χ1v) is 5.07. The number of hydrogen-bond acceptors (Lipinski definition) is 3. The van der Waals surface area contributed by atoms with Gasteiger partial charge in [-0.05, 0) is 31.2 Å². The zero-order valence-electron chi connectivity index (χ0n) is 9.49. The molecule has 0 saturated heterocycles. The van der Waals surface area contributed by atoms with Crippen LogP contribution in [0.5, 0.6) is 5.75 Å². The van der Waals surface area contributed by atoms with Crippen molar-refractivity contribution < 1.29 is 9.53 Å². The van der Waals surface area contributed by atoms with Gasteiger partial charge in [0.25, 0.3) is 0 Å². The van der Waals surface area contributed by atoms with Gasteiger partial charge in [0.15, 0.2) is 0 Å². The highest BCUT2D eigenvalue weighted by Crippen LogP contribution is 2.14. The van der Waals surface area contributed by atoms with Gasteiger partial charge in [-0.3, -0.25) is 0 Å². The lowest BCUT2D eigenvalue weighted by Crippen LogP contribution is -2.40. The molecule has 5 heteroatoms. The van der Waals surface area contributed by atoms with Crippen molar-refractivity contribution in [1.82, 2.24) is 5.32 Å². The number of methoxy groups -OCH3 is 1. The molecule has 1 aromatic carbocycles. The third-order valence-electron chi connectivity index (χ3n) is 2.08. The van der Waals surface area contributed by atoms with E-state index in [0.29, 0.717) is 12.2 Å². The number of rotatable bonds is 4. The van der Waals surface area contributed by atoms with Crippen molar-refractivity contribution in [2.45, 2.75) is 13.0 Å². The van der Waals surface area contributed by atoms with Gasteiger partial charge < -0.3 is 21.1 Å². The summed E-state index contributed by atoms with van der Waals surface area (Å²) in [6, 6.07) is 6.79. The van der Waals surface area contributed by atoms with Crippen LogP contribution in [0.3, 0.4) is 0 Å². The van der Waals surface area contributed by atoms with Crippen LogP contribution in [0.25, 0.3) is 0 Å². The molecule has 0 radical (unpaired) electrons. The van der Waals surface area contributed by atoms with Gasteiger partial charge in [0.2, 0.25) is 0 Å². The third kappa shape index (κ3) is 3.78. The number of nitrogens with two attached hydrogens (primary N) is 1. The van der Waals surface area contributed by atoms with Crippen LogP contribution < -0.4 is 21.1 Å². The van der Waals surface area contributed by atoms with E-state index in [9.17, 15) is 4.79 Å². The summed E-state index contributed by atoms with van der Waals surface area (Å²) in [6.07, 6.45) is 0. The maximum Gasteiger partial charge on any atom is 0.319 e. The Morgan fingerprint density at radius 2 is 2.06 bits per heavy atom. The van der Waals surface area contributed by atoms with Gasteiger partial charge in [-0.15, -0.1) is 0 Å². The second-order valence-corrected chi connectivity index (χ2v) is 3.46. The fraction of sp³-hybridized carbons (Fsp3) is 0.364. The average Bonchev–Trinajstić information content (AvgIpc) is 2.29. The van der Waals surface area contributed by atoms with Crippen LogP contribution in [0.2, 0.25) is 0 Å². The normalized spacial score (nSPS) is 11.7. The maximum atomic E-state index is 11.4. The summed E-state index contributed by atoms with van der Waals surface area (Å²) in [5, 5.41) is 5.40. The molecule has 5 nitrogen and oxygen atoms in total. The molecule has 0 saturated carbocycles. The first-order valence-electron chi connectivity index (χ1n) is 5.07. The predicted octanol–water partition coefficient (Wildman–Crippen LogP) is 1.16. The number of ether oxygens (including phenoxy) is 1. The van der Waals surface area contributed by atoms with Crippen molar-refractivity contribution >= 4 is 11.7 Å². The molecule has 0 aliphatic heterocycles. The summed E-state index contributed by atoms with van der Waals surface area (Å²) in [5.74, 6) is 0.751. The maximum absolute atomic E-state index is 11.4. The highest BCUT2D eigenvalue weighted by molar-refractivity contribution is 5.89. The van der Waals surface area contributed by atoms with Crippen molar-refractivity contribution in [3.05, 3.63) is 24.3 Å². The molecule has 0 spiro atoms. The zero-order valence-corrected chi connectivity index (χ0v) is 9.49. The van der Waals surface area contributed by atoms with Gasteiger partial charge in [-0.2, -0.15) is 0 Å². The van der Waals surface area contributed by atoms with Crippen LogP contribution in [-0.2, 0) is 0 Å². The van der Waals surface area contributed by atoms with Crippen LogP contribution in [0.4, 0.5) is 10.5 Å². The number of nitrogens with one attached hydrogen (secondary N) is 2. The minimum absolute atomic E-state index is 0.0433. The fourth-order valence-corrected chi connectivity index (χ4v) is 1.12. The molecule has 1 rings (SSSR count). The molecule has 2 amide bonds. The average molecular weight is 223 g/mol. The molecule has 0 aliphatic rings. The van der Waals surface area contributed by atoms with E-state index in [-0.39, 0.29) is 12.1 Å². The Hall–Kier alpha value is -1.75. The lowest BCUT2D eigenvalue weighted by atomic mass is 10.3. The van der Waals surface area contributed by atoms with Crippen molar-refractivity contribution in [2.24, 2.45) is 5.73 Å². The van der Waals surface area contributed by atoms with E-state index in [1.165, 1.54) is 0 Å². The molecular weight excluding hydrogens is 206 g/mol. The van der Waals surface area contributed by atoms with Crippen LogP contribution in [0.1, 0.15) is 6.92 Å². The zero-order chi connectivity index (χ0) is 12.0. The predicted molar refractivity (Wildman–Crippen MR) is 63.7 cm³/mol. The summed E-state index contributed by atoms with van der Waals surface area (Å²) in [4.78, 5) is 11.4. The number of anilines is 1. The minimum atomic E-state index is -0.261. The monoisotopic (exact) mass is 223 g/mol. The van der Waals surface area contributed by atoms with E-state index < -0.39 is 0 Å². The summed E-state index contributed by atoms with van der Waals surface area (Å²) < 4.78 is 5.01. The standard InChI is InChI=1S/C11H17N3O2/c1-8(7-12)13-11(15)14-9-3-5-10(16-2)6-4-9/h3-6,8H,7,12H2,1-2H3,(H2,13,14,15)/t8-/m1/s1. The van der Waals surface area contributed by atoms with Gasteiger partial charge in [0.1, 0.15) is 5.75 Å². The van der Waals surface area contributed by atoms with Crippen molar-refractivity contribution in [1.29, 1.82) is 0 Å². The van der Waals surface area contributed by atoms with Crippen molar-refractivity contribution in [3.63, 3.8) is 0 Å². The molecule has 1 atom stereocenters. The molecule has 0 fully saturated rings. The molecule has 1 aromatic rings.